The second kappa shape index (κ2) is 11.4. The minimum absolute atomic E-state index is 0.127. The highest BCUT2D eigenvalue weighted by molar-refractivity contribution is 6.36. The number of nitrogens with one attached hydrogen (secondary N) is 1. The average molecular weight is 449 g/mol. The van der Waals surface area contributed by atoms with Crippen molar-refractivity contribution in [2.45, 2.75) is 59.5 Å². The number of benzene rings is 2. The Balaban J connectivity index is 2.39. The van der Waals surface area contributed by atoms with Gasteiger partial charge in [0.2, 0.25) is 11.8 Å². The van der Waals surface area contributed by atoms with E-state index < -0.39 is 6.04 Å². The zero-order valence-corrected chi connectivity index (χ0v) is 19.6. The zero-order valence-electron chi connectivity index (χ0n) is 18.1. The van der Waals surface area contributed by atoms with Crippen molar-refractivity contribution in [3.63, 3.8) is 0 Å². The van der Waals surface area contributed by atoms with Gasteiger partial charge in [-0.05, 0) is 49.9 Å². The van der Waals surface area contributed by atoms with Crippen LogP contribution in [-0.4, -0.2) is 29.3 Å². The van der Waals surface area contributed by atoms with Gasteiger partial charge in [-0.1, -0.05) is 66.9 Å². The largest absolute Gasteiger partial charge is 0.354 e. The van der Waals surface area contributed by atoms with Gasteiger partial charge in [-0.3, -0.25) is 9.59 Å². The third-order valence-electron chi connectivity index (χ3n) is 5.17. The number of aryl methyl sites for hydroxylation is 2. The molecule has 0 unspecified atom stereocenters. The van der Waals surface area contributed by atoms with Crippen molar-refractivity contribution in [2.24, 2.45) is 0 Å². The Morgan fingerprint density at radius 1 is 1.07 bits per heavy atom. The number of carbonyl (C=O) groups excluding carboxylic acids is 2. The fourth-order valence-electron chi connectivity index (χ4n) is 3.39. The van der Waals surface area contributed by atoms with Crippen LogP contribution in [-0.2, 0) is 22.6 Å². The van der Waals surface area contributed by atoms with Gasteiger partial charge in [0, 0.05) is 28.7 Å². The quantitative estimate of drug-likeness (QED) is 0.551. The Kier molecular flexibility index (Phi) is 9.19. The summed E-state index contributed by atoms with van der Waals surface area (Å²) in [6, 6.07) is 10.7. The van der Waals surface area contributed by atoms with Crippen LogP contribution in [0.3, 0.4) is 0 Å². The van der Waals surface area contributed by atoms with Gasteiger partial charge < -0.3 is 10.2 Å². The summed E-state index contributed by atoms with van der Waals surface area (Å²) in [6.45, 7) is 8.64. The first kappa shape index (κ1) is 24.2. The van der Waals surface area contributed by atoms with E-state index in [1.807, 2.05) is 45.9 Å². The summed E-state index contributed by atoms with van der Waals surface area (Å²) in [5.74, 6) is -0.282. The first-order valence-electron chi connectivity index (χ1n) is 10.3. The molecule has 0 aliphatic heterocycles. The molecule has 30 heavy (non-hydrogen) atoms. The number of carbonyl (C=O) groups is 2. The molecular weight excluding hydrogens is 419 g/mol. The minimum atomic E-state index is -0.596. The van der Waals surface area contributed by atoms with Gasteiger partial charge in [0.05, 0.1) is 6.42 Å². The van der Waals surface area contributed by atoms with Crippen LogP contribution < -0.4 is 5.32 Å². The summed E-state index contributed by atoms with van der Waals surface area (Å²) < 4.78 is 0. The summed E-state index contributed by atoms with van der Waals surface area (Å²) in [5, 5.41) is 3.88. The van der Waals surface area contributed by atoms with Gasteiger partial charge in [0.25, 0.3) is 0 Å². The lowest BCUT2D eigenvalue weighted by molar-refractivity contribution is -0.140. The van der Waals surface area contributed by atoms with E-state index in [2.05, 4.69) is 5.32 Å². The standard InChI is InChI=1S/C24H30Cl2N2O2/c1-5-12-27-24(30)22(6-2)28(15-19-20(25)8-7-9-21(19)26)23(29)14-18-13-16(3)10-11-17(18)4/h7-11,13,22H,5-6,12,14-15H2,1-4H3,(H,27,30)/t22-/m1/s1. The summed E-state index contributed by atoms with van der Waals surface area (Å²) in [7, 11) is 0. The van der Waals surface area contributed by atoms with Crippen LogP contribution in [0.25, 0.3) is 0 Å². The van der Waals surface area contributed by atoms with Gasteiger partial charge in [-0.15, -0.1) is 0 Å². The lowest BCUT2D eigenvalue weighted by atomic mass is 10.0. The number of hydrogen-bond acceptors (Lipinski definition) is 2. The normalized spacial score (nSPS) is 11.8. The molecule has 0 saturated carbocycles. The van der Waals surface area contributed by atoms with E-state index in [-0.39, 0.29) is 24.8 Å². The second-order valence-electron chi connectivity index (χ2n) is 7.54. The highest BCUT2D eigenvalue weighted by Gasteiger charge is 2.29. The van der Waals surface area contributed by atoms with Crippen molar-refractivity contribution in [3.8, 4) is 0 Å². The van der Waals surface area contributed by atoms with Crippen LogP contribution in [0.4, 0.5) is 0 Å². The molecule has 162 valence electrons. The SMILES string of the molecule is CCCNC(=O)[C@@H](CC)N(Cc1c(Cl)cccc1Cl)C(=O)Cc1cc(C)ccc1C. The van der Waals surface area contributed by atoms with Crippen LogP contribution in [0.15, 0.2) is 36.4 Å². The maximum Gasteiger partial charge on any atom is 0.242 e. The molecule has 4 nitrogen and oxygen atoms in total. The third kappa shape index (κ3) is 6.23. The molecule has 2 aromatic carbocycles. The van der Waals surface area contributed by atoms with E-state index in [0.29, 0.717) is 28.6 Å². The van der Waals surface area contributed by atoms with Crippen molar-refractivity contribution in [1.82, 2.24) is 10.2 Å². The van der Waals surface area contributed by atoms with Gasteiger partial charge in [-0.25, -0.2) is 0 Å². The Hall–Kier alpha value is -2.04. The molecule has 2 aromatic rings. The summed E-state index contributed by atoms with van der Waals surface area (Å²) >= 11 is 12.7. The fraction of sp³-hybridized carbons (Fsp3) is 0.417. The van der Waals surface area contributed by atoms with Gasteiger partial charge in [0.15, 0.2) is 0 Å². The van der Waals surface area contributed by atoms with Gasteiger partial charge >= 0.3 is 0 Å². The van der Waals surface area contributed by atoms with Crippen LogP contribution in [0, 0.1) is 13.8 Å². The van der Waals surface area contributed by atoms with Crippen LogP contribution in [0.5, 0.6) is 0 Å². The maximum atomic E-state index is 13.4. The molecule has 1 atom stereocenters. The Morgan fingerprint density at radius 3 is 2.33 bits per heavy atom. The number of halogens is 2. The Bertz CT molecular complexity index is 879. The molecule has 2 rings (SSSR count). The van der Waals surface area contributed by atoms with Crippen molar-refractivity contribution in [3.05, 3.63) is 68.7 Å². The maximum absolute atomic E-state index is 13.4. The average Bonchev–Trinajstić information content (AvgIpc) is 2.71. The van der Waals surface area contributed by atoms with Crippen molar-refractivity contribution in [1.29, 1.82) is 0 Å². The van der Waals surface area contributed by atoms with E-state index in [4.69, 9.17) is 23.2 Å². The molecular formula is C24H30Cl2N2O2. The lowest BCUT2D eigenvalue weighted by Gasteiger charge is -2.31. The van der Waals surface area contributed by atoms with Crippen molar-refractivity contribution >= 4 is 35.0 Å². The molecule has 0 aliphatic rings. The van der Waals surface area contributed by atoms with E-state index in [9.17, 15) is 9.59 Å². The molecule has 2 amide bonds. The van der Waals surface area contributed by atoms with E-state index in [1.165, 1.54) is 0 Å². The predicted molar refractivity (Wildman–Crippen MR) is 124 cm³/mol. The predicted octanol–water partition coefficient (Wildman–Crippen LogP) is 5.49. The van der Waals surface area contributed by atoms with Crippen LogP contribution in [0.2, 0.25) is 10.0 Å². The summed E-state index contributed by atoms with van der Waals surface area (Å²) in [5.41, 5.74) is 3.75. The summed E-state index contributed by atoms with van der Waals surface area (Å²) in [4.78, 5) is 27.9. The minimum Gasteiger partial charge on any atom is -0.354 e. The first-order chi connectivity index (χ1) is 14.3. The van der Waals surface area contributed by atoms with E-state index in [1.54, 1.807) is 23.1 Å². The number of rotatable bonds is 9. The third-order valence-corrected chi connectivity index (χ3v) is 5.88. The number of amides is 2. The van der Waals surface area contributed by atoms with Crippen molar-refractivity contribution < 1.29 is 9.59 Å². The van der Waals surface area contributed by atoms with Crippen molar-refractivity contribution in [2.75, 3.05) is 6.54 Å². The molecule has 0 saturated heterocycles. The monoisotopic (exact) mass is 448 g/mol. The molecule has 0 fully saturated rings. The highest BCUT2D eigenvalue weighted by Crippen LogP contribution is 2.27. The second-order valence-corrected chi connectivity index (χ2v) is 8.36. The van der Waals surface area contributed by atoms with Gasteiger partial charge in [-0.2, -0.15) is 0 Å². The zero-order chi connectivity index (χ0) is 22.3. The lowest BCUT2D eigenvalue weighted by Crippen LogP contribution is -2.49. The molecule has 0 aromatic heterocycles. The molecule has 0 heterocycles. The topological polar surface area (TPSA) is 49.4 Å². The molecule has 0 spiro atoms. The van der Waals surface area contributed by atoms with E-state index >= 15 is 0 Å². The fourth-order valence-corrected chi connectivity index (χ4v) is 3.91. The smallest absolute Gasteiger partial charge is 0.242 e. The number of nitrogens with zero attached hydrogens (tertiary/aromatic N) is 1. The first-order valence-corrected chi connectivity index (χ1v) is 11.1. The Morgan fingerprint density at radius 2 is 1.73 bits per heavy atom. The molecule has 0 aliphatic carbocycles. The van der Waals surface area contributed by atoms with Gasteiger partial charge in [0.1, 0.15) is 6.04 Å². The number of hydrogen-bond donors (Lipinski definition) is 1. The molecule has 1 N–H and O–H groups in total. The Labute approximate surface area is 189 Å². The van der Waals surface area contributed by atoms with E-state index in [0.717, 1.165) is 23.1 Å². The highest BCUT2D eigenvalue weighted by atomic mass is 35.5. The molecule has 6 heteroatoms. The van der Waals surface area contributed by atoms with Crippen LogP contribution in [0.1, 0.15) is 48.9 Å². The summed E-state index contributed by atoms with van der Waals surface area (Å²) in [6.07, 6.45) is 1.54. The molecule has 0 radical (unpaired) electrons. The molecule has 0 bridgehead atoms. The van der Waals surface area contributed by atoms with Crippen LogP contribution >= 0.6 is 23.2 Å².